The maximum Gasteiger partial charge on any atom is 0.243 e. The summed E-state index contributed by atoms with van der Waals surface area (Å²) in [5.74, 6) is 2.20. The molecule has 1 aromatic rings. The van der Waals surface area contributed by atoms with E-state index in [1.54, 1.807) is 0 Å². The normalized spacial score (nSPS) is 27.2. The number of rotatable bonds is 5. The standard InChI is InChI=1S/C18H30N4O2/c1-14(17-19-16(20-24-17)15-5-6-15)22-11-9-21(10-12-22)13-18(23)7-3-2-4-8-18/h14-15,23H,2-13H2,1H3/t14-/m0/s1. The molecule has 0 unspecified atom stereocenters. The third kappa shape index (κ3) is 3.65. The summed E-state index contributed by atoms with van der Waals surface area (Å²) in [6, 6.07) is 0.185. The molecule has 24 heavy (non-hydrogen) atoms. The number of piperazine rings is 1. The van der Waals surface area contributed by atoms with Gasteiger partial charge in [0, 0.05) is 38.6 Å². The summed E-state index contributed by atoms with van der Waals surface area (Å²) in [6.45, 7) is 7.01. The molecule has 2 aliphatic carbocycles. The van der Waals surface area contributed by atoms with Crippen LogP contribution in [0.15, 0.2) is 4.52 Å². The van der Waals surface area contributed by atoms with Crippen molar-refractivity contribution in [2.75, 3.05) is 32.7 Å². The third-order valence-corrected chi connectivity index (χ3v) is 6.01. The topological polar surface area (TPSA) is 65.6 Å². The molecule has 134 valence electrons. The fourth-order valence-corrected chi connectivity index (χ4v) is 4.17. The van der Waals surface area contributed by atoms with Crippen LogP contribution in [-0.4, -0.2) is 63.4 Å². The lowest BCUT2D eigenvalue weighted by Crippen LogP contribution is -2.52. The lowest BCUT2D eigenvalue weighted by Gasteiger charge is -2.41. The van der Waals surface area contributed by atoms with Crippen molar-refractivity contribution >= 4 is 0 Å². The van der Waals surface area contributed by atoms with Crippen LogP contribution in [-0.2, 0) is 0 Å². The van der Waals surface area contributed by atoms with Crippen molar-refractivity contribution < 1.29 is 9.63 Å². The molecule has 6 nitrogen and oxygen atoms in total. The summed E-state index contributed by atoms with van der Waals surface area (Å²) >= 11 is 0. The molecule has 3 aliphatic rings. The maximum absolute atomic E-state index is 10.7. The first-order valence-corrected chi connectivity index (χ1v) is 9.65. The molecule has 2 heterocycles. The Hall–Kier alpha value is -0.980. The van der Waals surface area contributed by atoms with Crippen molar-refractivity contribution in [3.63, 3.8) is 0 Å². The van der Waals surface area contributed by atoms with E-state index < -0.39 is 5.60 Å². The van der Waals surface area contributed by atoms with Crippen molar-refractivity contribution in [3.05, 3.63) is 11.7 Å². The highest BCUT2D eigenvalue weighted by Crippen LogP contribution is 2.38. The van der Waals surface area contributed by atoms with Gasteiger partial charge in [0.15, 0.2) is 5.82 Å². The molecule has 4 rings (SSSR count). The monoisotopic (exact) mass is 334 g/mol. The quantitative estimate of drug-likeness (QED) is 0.891. The maximum atomic E-state index is 10.7. The minimum atomic E-state index is -0.447. The molecule has 6 heteroatoms. The van der Waals surface area contributed by atoms with E-state index in [9.17, 15) is 5.11 Å². The lowest BCUT2D eigenvalue weighted by molar-refractivity contribution is -0.0387. The molecule has 2 saturated carbocycles. The summed E-state index contributed by atoms with van der Waals surface area (Å²) in [7, 11) is 0. The number of aliphatic hydroxyl groups is 1. The summed E-state index contributed by atoms with van der Waals surface area (Å²) in [4.78, 5) is 9.45. The second-order valence-electron chi connectivity index (χ2n) is 8.04. The van der Waals surface area contributed by atoms with Crippen LogP contribution in [0.1, 0.15) is 75.5 Å². The summed E-state index contributed by atoms with van der Waals surface area (Å²) in [5.41, 5.74) is -0.447. The van der Waals surface area contributed by atoms with E-state index >= 15 is 0 Å². The zero-order chi connectivity index (χ0) is 16.6. The van der Waals surface area contributed by atoms with Gasteiger partial charge in [0.25, 0.3) is 0 Å². The Balaban J connectivity index is 1.28. The Morgan fingerprint density at radius 2 is 1.88 bits per heavy atom. The van der Waals surface area contributed by atoms with Gasteiger partial charge in [-0.1, -0.05) is 24.4 Å². The van der Waals surface area contributed by atoms with Crippen LogP contribution in [0.3, 0.4) is 0 Å². The number of nitrogens with zero attached hydrogens (tertiary/aromatic N) is 4. The van der Waals surface area contributed by atoms with Crippen molar-refractivity contribution in [2.24, 2.45) is 0 Å². The van der Waals surface area contributed by atoms with Gasteiger partial charge >= 0.3 is 0 Å². The van der Waals surface area contributed by atoms with Gasteiger partial charge in [-0.2, -0.15) is 4.98 Å². The molecule has 1 aliphatic heterocycles. The number of hydrogen-bond donors (Lipinski definition) is 1. The van der Waals surface area contributed by atoms with E-state index in [4.69, 9.17) is 4.52 Å². The Morgan fingerprint density at radius 1 is 1.17 bits per heavy atom. The Morgan fingerprint density at radius 3 is 2.54 bits per heavy atom. The predicted octanol–water partition coefficient (Wildman–Crippen LogP) is 2.32. The van der Waals surface area contributed by atoms with Crippen molar-refractivity contribution in [3.8, 4) is 0 Å². The molecule has 1 atom stereocenters. The smallest absolute Gasteiger partial charge is 0.243 e. The molecule has 0 spiro atoms. The highest BCUT2D eigenvalue weighted by molar-refractivity contribution is 5.05. The van der Waals surface area contributed by atoms with Crippen molar-refractivity contribution in [1.82, 2.24) is 19.9 Å². The van der Waals surface area contributed by atoms with Gasteiger partial charge in [0.1, 0.15) is 0 Å². The molecule has 0 amide bonds. The van der Waals surface area contributed by atoms with E-state index in [0.717, 1.165) is 57.3 Å². The van der Waals surface area contributed by atoms with Crippen molar-refractivity contribution in [1.29, 1.82) is 0 Å². The molecule has 1 aromatic heterocycles. The zero-order valence-electron chi connectivity index (χ0n) is 14.8. The van der Waals surface area contributed by atoms with Crippen LogP contribution in [0, 0.1) is 0 Å². The zero-order valence-corrected chi connectivity index (χ0v) is 14.8. The first-order chi connectivity index (χ1) is 11.6. The minimum Gasteiger partial charge on any atom is -0.389 e. The number of hydrogen-bond acceptors (Lipinski definition) is 6. The first kappa shape index (κ1) is 16.5. The van der Waals surface area contributed by atoms with Crippen LogP contribution in [0.4, 0.5) is 0 Å². The van der Waals surface area contributed by atoms with Gasteiger partial charge < -0.3 is 9.63 Å². The van der Waals surface area contributed by atoms with E-state index in [-0.39, 0.29) is 6.04 Å². The first-order valence-electron chi connectivity index (χ1n) is 9.65. The summed E-state index contributed by atoms with van der Waals surface area (Å²) in [5, 5.41) is 14.9. The van der Waals surface area contributed by atoms with Crippen LogP contribution in [0.25, 0.3) is 0 Å². The van der Waals surface area contributed by atoms with Gasteiger partial charge in [0.2, 0.25) is 5.89 Å². The van der Waals surface area contributed by atoms with E-state index in [0.29, 0.717) is 5.92 Å². The number of β-amino-alcohol motifs (C(OH)–C–C–N with tert-alkyl or cyclic N) is 1. The van der Waals surface area contributed by atoms with Crippen LogP contribution in [0.5, 0.6) is 0 Å². The Bertz CT molecular complexity index is 543. The van der Waals surface area contributed by atoms with Crippen molar-refractivity contribution in [2.45, 2.75) is 69.4 Å². The average Bonchev–Trinajstić information content (AvgIpc) is 3.32. The second kappa shape index (κ2) is 6.73. The Kier molecular flexibility index (Phi) is 4.62. The average molecular weight is 334 g/mol. The molecule has 0 radical (unpaired) electrons. The number of aromatic nitrogens is 2. The van der Waals surface area contributed by atoms with Crippen LogP contribution in [0.2, 0.25) is 0 Å². The van der Waals surface area contributed by atoms with Gasteiger partial charge in [0.05, 0.1) is 11.6 Å². The van der Waals surface area contributed by atoms with Gasteiger partial charge in [-0.05, 0) is 32.6 Å². The van der Waals surface area contributed by atoms with E-state index in [2.05, 4.69) is 26.9 Å². The molecule has 0 bridgehead atoms. The molecule has 1 saturated heterocycles. The van der Waals surface area contributed by atoms with E-state index in [1.807, 2.05) is 0 Å². The lowest BCUT2D eigenvalue weighted by atomic mass is 9.84. The second-order valence-corrected chi connectivity index (χ2v) is 8.04. The van der Waals surface area contributed by atoms with Gasteiger partial charge in [-0.15, -0.1) is 0 Å². The van der Waals surface area contributed by atoms with Gasteiger partial charge in [-0.25, -0.2) is 0 Å². The molecular formula is C18H30N4O2. The largest absolute Gasteiger partial charge is 0.389 e. The highest BCUT2D eigenvalue weighted by atomic mass is 16.5. The molecule has 3 fully saturated rings. The SMILES string of the molecule is C[C@@H](c1nc(C2CC2)no1)N1CCN(CC2(O)CCCCC2)CC1. The fourth-order valence-electron chi connectivity index (χ4n) is 4.17. The Labute approximate surface area is 144 Å². The van der Waals surface area contributed by atoms with E-state index in [1.165, 1.54) is 32.1 Å². The summed E-state index contributed by atoms with van der Waals surface area (Å²) in [6.07, 6.45) is 7.97. The van der Waals surface area contributed by atoms with Gasteiger partial charge in [-0.3, -0.25) is 9.80 Å². The van der Waals surface area contributed by atoms with Crippen LogP contribution >= 0.6 is 0 Å². The predicted molar refractivity (Wildman–Crippen MR) is 90.7 cm³/mol. The molecule has 0 aromatic carbocycles. The molecule has 1 N–H and O–H groups in total. The minimum absolute atomic E-state index is 0.185. The highest BCUT2D eigenvalue weighted by Gasteiger charge is 2.34. The summed E-state index contributed by atoms with van der Waals surface area (Å²) < 4.78 is 5.49. The van der Waals surface area contributed by atoms with Crippen LogP contribution < -0.4 is 0 Å². The fraction of sp³-hybridized carbons (Fsp3) is 0.889. The molecular weight excluding hydrogens is 304 g/mol. The third-order valence-electron chi connectivity index (χ3n) is 6.01.